The molecular weight excluding hydrogens is 417 g/mol. The maximum atomic E-state index is 11.2. The van der Waals surface area contributed by atoms with Gasteiger partial charge in [0.25, 0.3) is 0 Å². The summed E-state index contributed by atoms with van der Waals surface area (Å²) in [5.74, 6) is 0.172. The fourth-order valence-corrected chi connectivity index (χ4v) is 3.74. The van der Waals surface area contributed by atoms with Crippen molar-refractivity contribution in [1.82, 2.24) is 0 Å². The van der Waals surface area contributed by atoms with E-state index >= 15 is 0 Å². The number of anilines is 1. The third kappa shape index (κ3) is 4.64. The number of rotatable bonds is 8. The molecule has 0 radical (unpaired) electrons. The van der Waals surface area contributed by atoms with Gasteiger partial charge in [0.15, 0.2) is 0 Å². The van der Waals surface area contributed by atoms with E-state index in [1.807, 2.05) is 24.3 Å². The van der Waals surface area contributed by atoms with Crippen LogP contribution in [0.5, 0.6) is 11.5 Å². The van der Waals surface area contributed by atoms with E-state index in [0.29, 0.717) is 46.2 Å². The maximum Gasteiger partial charge on any atom is 0.146 e. The van der Waals surface area contributed by atoms with E-state index in [0.717, 1.165) is 16.7 Å². The van der Waals surface area contributed by atoms with Crippen LogP contribution in [0.2, 0.25) is 10.0 Å². The number of hydrogen-bond acceptors (Lipinski definition) is 3. The van der Waals surface area contributed by atoms with Crippen molar-refractivity contribution in [2.24, 2.45) is 0 Å². The Balaban J connectivity index is 2.12. The van der Waals surface area contributed by atoms with Crippen LogP contribution in [0.3, 0.4) is 0 Å². The molecule has 154 valence electrons. The van der Waals surface area contributed by atoms with Gasteiger partial charge in [-0.15, -0.1) is 13.2 Å². The molecule has 0 aliphatic carbocycles. The summed E-state index contributed by atoms with van der Waals surface area (Å²) < 4.78 is 0. The molecule has 0 spiro atoms. The SMILES string of the molecule is C=CCc1cc(-c2ccccc2O)c(O)c(NCc2ccc(Cl)c(Cl)c2)c1CC=C. The highest BCUT2D eigenvalue weighted by atomic mass is 35.5. The molecule has 0 atom stereocenters. The number of halogens is 2. The molecule has 0 saturated heterocycles. The lowest BCUT2D eigenvalue weighted by molar-refractivity contribution is 0.469. The second kappa shape index (κ2) is 9.75. The van der Waals surface area contributed by atoms with Crippen molar-refractivity contribution in [1.29, 1.82) is 0 Å². The topological polar surface area (TPSA) is 52.5 Å². The van der Waals surface area contributed by atoms with Gasteiger partial charge >= 0.3 is 0 Å². The van der Waals surface area contributed by atoms with Crippen LogP contribution < -0.4 is 5.32 Å². The fraction of sp³-hybridized carbons (Fsp3) is 0.120. The Morgan fingerprint density at radius 3 is 2.27 bits per heavy atom. The Morgan fingerprint density at radius 2 is 1.60 bits per heavy atom. The summed E-state index contributed by atoms with van der Waals surface area (Å²) in [7, 11) is 0. The highest BCUT2D eigenvalue weighted by Crippen LogP contribution is 2.43. The smallest absolute Gasteiger partial charge is 0.146 e. The first-order chi connectivity index (χ1) is 14.5. The highest BCUT2D eigenvalue weighted by Gasteiger charge is 2.19. The minimum absolute atomic E-state index is 0.0706. The van der Waals surface area contributed by atoms with E-state index in [2.05, 4.69) is 18.5 Å². The van der Waals surface area contributed by atoms with Gasteiger partial charge in [-0.3, -0.25) is 0 Å². The molecule has 0 heterocycles. The van der Waals surface area contributed by atoms with E-state index in [-0.39, 0.29) is 11.5 Å². The quantitative estimate of drug-likeness (QED) is 0.258. The molecule has 0 unspecified atom stereocenters. The van der Waals surface area contributed by atoms with Gasteiger partial charge in [0, 0.05) is 17.7 Å². The second-order valence-electron chi connectivity index (χ2n) is 6.89. The first-order valence-corrected chi connectivity index (χ1v) is 10.3. The van der Waals surface area contributed by atoms with Crippen LogP contribution in [-0.4, -0.2) is 10.2 Å². The molecular formula is C25H23Cl2NO2. The lowest BCUT2D eigenvalue weighted by atomic mass is 9.92. The summed E-state index contributed by atoms with van der Waals surface area (Å²) in [6.07, 6.45) is 4.80. The molecule has 0 fully saturated rings. The van der Waals surface area contributed by atoms with Crippen molar-refractivity contribution >= 4 is 28.9 Å². The van der Waals surface area contributed by atoms with E-state index in [1.165, 1.54) is 0 Å². The summed E-state index contributed by atoms with van der Waals surface area (Å²) in [5.41, 5.74) is 4.56. The molecule has 0 saturated carbocycles. The Bertz CT molecular complexity index is 1090. The molecule has 5 heteroatoms. The van der Waals surface area contributed by atoms with Crippen LogP contribution in [0.25, 0.3) is 11.1 Å². The fourth-order valence-electron chi connectivity index (χ4n) is 3.42. The minimum atomic E-state index is 0.0706. The van der Waals surface area contributed by atoms with Gasteiger partial charge in [0.1, 0.15) is 11.5 Å². The maximum absolute atomic E-state index is 11.2. The van der Waals surface area contributed by atoms with E-state index in [4.69, 9.17) is 23.2 Å². The van der Waals surface area contributed by atoms with Crippen LogP contribution in [0.1, 0.15) is 16.7 Å². The van der Waals surface area contributed by atoms with Gasteiger partial charge in [-0.2, -0.15) is 0 Å². The first-order valence-electron chi connectivity index (χ1n) is 9.52. The molecule has 30 heavy (non-hydrogen) atoms. The molecule has 3 aromatic carbocycles. The second-order valence-corrected chi connectivity index (χ2v) is 7.70. The number of aromatic hydroxyl groups is 2. The highest BCUT2D eigenvalue weighted by molar-refractivity contribution is 6.42. The molecule has 3 nitrogen and oxygen atoms in total. The zero-order valence-electron chi connectivity index (χ0n) is 16.5. The number of hydrogen-bond donors (Lipinski definition) is 3. The molecule has 0 bridgehead atoms. The molecule has 3 N–H and O–H groups in total. The van der Waals surface area contributed by atoms with Crippen LogP contribution in [0.4, 0.5) is 5.69 Å². The molecule has 0 aromatic heterocycles. The van der Waals surface area contributed by atoms with Gasteiger partial charge in [-0.25, -0.2) is 0 Å². The largest absolute Gasteiger partial charge is 0.507 e. The zero-order valence-corrected chi connectivity index (χ0v) is 18.0. The van der Waals surface area contributed by atoms with Crippen molar-refractivity contribution in [3.8, 4) is 22.6 Å². The lowest BCUT2D eigenvalue weighted by Crippen LogP contribution is -2.06. The number of benzene rings is 3. The van der Waals surface area contributed by atoms with Gasteiger partial charge in [-0.1, -0.05) is 59.6 Å². The van der Waals surface area contributed by atoms with Crippen molar-refractivity contribution in [2.75, 3.05) is 5.32 Å². The van der Waals surface area contributed by atoms with Gasteiger partial charge in [0.2, 0.25) is 0 Å². The summed E-state index contributed by atoms with van der Waals surface area (Å²) in [5, 5.41) is 25.8. The summed E-state index contributed by atoms with van der Waals surface area (Å²) in [4.78, 5) is 0. The van der Waals surface area contributed by atoms with Crippen LogP contribution >= 0.6 is 23.2 Å². The predicted octanol–water partition coefficient (Wildman–Crippen LogP) is 7.14. The Hall–Kier alpha value is -2.88. The van der Waals surface area contributed by atoms with Gasteiger partial charge in [0.05, 0.1) is 15.7 Å². The number of phenolic OH excluding ortho intramolecular Hbond substituents is 2. The van der Waals surface area contributed by atoms with E-state index in [1.54, 1.807) is 36.4 Å². The van der Waals surface area contributed by atoms with Crippen molar-refractivity contribution < 1.29 is 10.2 Å². The molecule has 0 aliphatic rings. The monoisotopic (exact) mass is 439 g/mol. The number of allylic oxidation sites excluding steroid dienone is 2. The Morgan fingerprint density at radius 1 is 0.867 bits per heavy atom. The molecule has 0 aliphatic heterocycles. The summed E-state index contributed by atoms with van der Waals surface area (Å²) >= 11 is 12.1. The molecule has 3 aromatic rings. The van der Waals surface area contributed by atoms with Crippen molar-refractivity contribution in [3.63, 3.8) is 0 Å². The third-order valence-corrected chi connectivity index (χ3v) is 5.60. The summed E-state index contributed by atoms with van der Waals surface area (Å²) in [6, 6.07) is 14.3. The van der Waals surface area contributed by atoms with Crippen LogP contribution in [0, 0.1) is 0 Å². The lowest BCUT2D eigenvalue weighted by Gasteiger charge is -2.20. The minimum Gasteiger partial charge on any atom is -0.507 e. The Labute approximate surface area is 186 Å². The average Bonchev–Trinajstić information content (AvgIpc) is 2.73. The Kier molecular flexibility index (Phi) is 7.09. The molecule has 0 amide bonds. The van der Waals surface area contributed by atoms with Crippen LogP contribution in [-0.2, 0) is 19.4 Å². The van der Waals surface area contributed by atoms with Crippen molar-refractivity contribution in [3.05, 3.63) is 101 Å². The number of para-hydroxylation sites is 1. The van der Waals surface area contributed by atoms with E-state index in [9.17, 15) is 10.2 Å². The zero-order chi connectivity index (χ0) is 21.7. The van der Waals surface area contributed by atoms with Gasteiger partial charge < -0.3 is 15.5 Å². The normalized spacial score (nSPS) is 10.6. The third-order valence-electron chi connectivity index (χ3n) is 4.86. The predicted molar refractivity (Wildman–Crippen MR) is 127 cm³/mol. The van der Waals surface area contributed by atoms with Crippen molar-refractivity contribution in [2.45, 2.75) is 19.4 Å². The number of phenols is 2. The van der Waals surface area contributed by atoms with Gasteiger partial charge in [-0.05, 0) is 53.8 Å². The average molecular weight is 440 g/mol. The first kappa shape index (κ1) is 21.8. The van der Waals surface area contributed by atoms with E-state index < -0.39 is 0 Å². The standard InChI is InChI=1S/C25H23Cl2NO2/c1-3-7-17-14-20(19-9-5-6-10-23(19)29)25(30)24(18(17)8-4-2)28-15-16-11-12-21(26)22(27)13-16/h3-6,9-14,28-30H,1-2,7-8,15H2. The van der Waals surface area contributed by atoms with Crippen LogP contribution in [0.15, 0.2) is 73.8 Å². The number of nitrogens with one attached hydrogen (secondary N) is 1. The molecule has 3 rings (SSSR count). The summed E-state index contributed by atoms with van der Waals surface area (Å²) in [6.45, 7) is 8.15.